The molecule has 5 nitrogen and oxygen atoms in total. The fourth-order valence-corrected chi connectivity index (χ4v) is 3.50. The number of hydrogen-bond donors (Lipinski definition) is 1. The molecule has 22 heavy (non-hydrogen) atoms. The quantitative estimate of drug-likeness (QED) is 0.926. The van der Waals surface area contributed by atoms with Gasteiger partial charge in [-0.1, -0.05) is 0 Å². The molecule has 6 heteroatoms. The summed E-state index contributed by atoms with van der Waals surface area (Å²) in [4.78, 5) is 21.5. The average Bonchev–Trinajstić information content (AvgIpc) is 2.71. The molecule has 0 radical (unpaired) electrons. The third-order valence-corrected chi connectivity index (χ3v) is 4.85. The summed E-state index contributed by atoms with van der Waals surface area (Å²) in [5, 5.41) is 6.28. The van der Waals surface area contributed by atoms with Crippen molar-refractivity contribution < 1.29 is 4.79 Å². The third kappa shape index (κ3) is 4.68. The number of amides is 1. The summed E-state index contributed by atoms with van der Waals surface area (Å²) < 4.78 is 0. The van der Waals surface area contributed by atoms with E-state index in [0.29, 0.717) is 0 Å². The number of thiazole rings is 1. The zero-order valence-electron chi connectivity index (χ0n) is 14.3. The maximum Gasteiger partial charge on any atom is 0.237 e. The van der Waals surface area contributed by atoms with Crippen molar-refractivity contribution in [3.05, 3.63) is 11.1 Å². The van der Waals surface area contributed by atoms with Crippen molar-refractivity contribution in [1.82, 2.24) is 15.2 Å². The number of rotatable bonds is 3. The molecule has 1 atom stereocenters. The lowest BCUT2D eigenvalue weighted by atomic mass is 10.1. The first-order valence-electron chi connectivity index (χ1n) is 7.99. The topological polar surface area (TPSA) is 48.5 Å². The van der Waals surface area contributed by atoms with Crippen molar-refractivity contribution >= 4 is 22.4 Å². The molecule has 1 aromatic rings. The Morgan fingerprint density at radius 1 is 1.32 bits per heavy atom. The number of aromatic nitrogens is 1. The Bertz CT molecular complexity index is 508. The van der Waals surface area contributed by atoms with Gasteiger partial charge in [-0.3, -0.25) is 9.69 Å². The van der Waals surface area contributed by atoms with E-state index >= 15 is 0 Å². The molecule has 124 valence electrons. The summed E-state index contributed by atoms with van der Waals surface area (Å²) >= 11 is 1.71. The Morgan fingerprint density at radius 2 is 2.05 bits per heavy atom. The highest BCUT2D eigenvalue weighted by Crippen LogP contribution is 2.22. The molecule has 1 fully saturated rings. The maximum atomic E-state index is 12.3. The van der Waals surface area contributed by atoms with Gasteiger partial charge in [0.25, 0.3) is 0 Å². The van der Waals surface area contributed by atoms with Crippen LogP contribution in [0.5, 0.6) is 0 Å². The van der Waals surface area contributed by atoms with Gasteiger partial charge in [-0.05, 0) is 41.0 Å². The number of nitrogens with one attached hydrogen (secondary N) is 1. The first kappa shape index (κ1) is 17.2. The lowest BCUT2D eigenvalue weighted by molar-refractivity contribution is -0.127. The average molecular weight is 324 g/mol. The van der Waals surface area contributed by atoms with Crippen molar-refractivity contribution in [1.29, 1.82) is 0 Å². The van der Waals surface area contributed by atoms with Gasteiger partial charge in [-0.15, -0.1) is 11.3 Å². The van der Waals surface area contributed by atoms with Crippen molar-refractivity contribution in [2.45, 2.75) is 52.6 Å². The summed E-state index contributed by atoms with van der Waals surface area (Å²) in [6, 6.07) is -0.0859. The number of carbonyl (C=O) groups excluding carboxylic acids is 1. The molecule has 2 heterocycles. The Labute approximate surface area is 137 Å². The third-order valence-electron chi connectivity index (χ3n) is 3.83. The van der Waals surface area contributed by atoms with Gasteiger partial charge in [-0.2, -0.15) is 0 Å². The minimum atomic E-state index is -0.179. The van der Waals surface area contributed by atoms with Crippen LogP contribution < -0.4 is 10.2 Å². The van der Waals surface area contributed by atoms with Gasteiger partial charge in [0.1, 0.15) is 0 Å². The Morgan fingerprint density at radius 3 is 2.64 bits per heavy atom. The lowest BCUT2D eigenvalue weighted by Crippen LogP contribution is -2.51. The summed E-state index contributed by atoms with van der Waals surface area (Å²) in [6.45, 7) is 13.9. The predicted molar refractivity (Wildman–Crippen MR) is 92.6 cm³/mol. The van der Waals surface area contributed by atoms with E-state index in [4.69, 9.17) is 0 Å². The van der Waals surface area contributed by atoms with E-state index in [1.54, 1.807) is 11.3 Å². The van der Waals surface area contributed by atoms with Crippen LogP contribution in [0.3, 0.4) is 0 Å². The number of carbonyl (C=O) groups is 1. The predicted octanol–water partition coefficient (Wildman–Crippen LogP) is 2.27. The largest absolute Gasteiger partial charge is 0.350 e. The first-order valence-corrected chi connectivity index (χ1v) is 8.87. The molecule has 1 unspecified atom stereocenters. The van der Waals surface area contributed by atoms with E-state index in [1.807, 2.05) is 34.6 Å². The first-order chi connectivity index (χ1) is 10.3. The molecule has 1 saturated heterocycles. The molecule has 2 rings (SSSR count). The number of aryl methyl sites for hydroxylation is 1. The number of hydrogen-bond acceptors (Lipinski definition) is 5. The van der Waals surface area contributed by atoms with E-state index in [2.05, 4.69) is 25.5 Å². The highest BCUT2D eigenvalue weighted by atomic mass is 32.1. The lowest BCUT2D eigenvalue weighted by Gasteiger charge is -2.30. The number of anilines is 1. The van der Waals surface area contributed by atoms with Gasteiger partial charge in [-0.25, -0.2) is 4.98 Å². The second-order valence-electron chi connectivity index (χ2n) is 7.06. The monoisotopic (exact) mass is 324 g/mol. The van der Waals surface area contributed by atoms with E-state index in [-0.39, 0.29) is 17.5 Å². The molecule has 0 aromatic carbocycles. The molecule has 1 aromatic heterocycles. The zero-order chi connectivity index (χ0) is 16.3. The Balaban J connectivity index is 1.93. The summed E-state index contributed by atoms with van der Waals surface area (Å²) in [7, 11) is 0. The normalized spacial score (nSPS) is 18.9. The molecule has 0 aliphatic carbocycles. The maximum absolute atomic E-state index is 12.3. The SMILES string of the molecule is Cc1csc(N2CCCN(C(C)C(=O)NC(C)(C)C)CC2)n1. The summed E-state index contributed by atoms with van der Waals surface area (Å²) in [5.41, 5.74) is 0.904. The van der Waals surface area contributed by atoms with Crippen molar-refractivity contribution in [3.63, 3.8) is 0 Å². The van der Waals surface area contributed by atoms with Gasteiger partial charge in [0.2, 0.25) is 5.91 Å². The van der Waals surface area contributed by atoms with Crippen LogP contribution in [0.2, 0.25) is 0 Å². The van der Waals surface area contributed by atoms with Crippen LogP contribution in [0.4, 0.5) is 5.13 Å². The molecular weight excluding hydrogens is 296 g/mol. The molecule has 1 aliphatic rings. The van der Waals surface area contributed by atoms with Crippen LogP contribution in [-0.2, 0) is 4.79 Å². The van der Waals surface area contributed by atoms with Gasteiger partial charge in [0, 0.05) is 37.1 Å². The van der Waals surface area contributed by atoms with Gasteiger partial charge >= 0.3 is 0 Å². The molecular formula is C16H28N4OS. The summed E-state index contributed by atoms with van der Waals surface area (Å²) in [6.07, 6.45) is 1.06. The van der Waals surface area contributed by atoms with Gasteiger partial charge in [0.15, 0.2) is 5.13 Å². The fraction of sp³-hybridized carbons (Fsp3) is 0.750. The number of nitrogens with zero attached hydrogens (tertiary/aromatic N) is 3. The summed E-state index contributed by atoms with van der Waals surface area (Å²) in [5.74, 6) is 0.117. The Hall–Kier alpha value is -1.14. The molecule has 1 aliphatic heterocycles. The zero-order valence-corrected chi connectivity index (χ0v) is 15.2. The smallest absolute Gasteiger partial charge is 0.237 e. The molecule has 1 N–H and O–H groups in total. The van der Waals surface area contributed by atoms with Crippen molar-refractivity contribution in [3.8, 4) is 0 Å². The second-order valence-corrected chi connectivity index (χ2v) is 7.90. The molecule has 0 bridgehead atoms. The second kappa shape index (κ2) is 6.96. The van der Waals surface area contributed by atoms with E-state index in [1.165, 1.54) is 0 Å². The van der Waals surface area contributed by atoms with Crippen molar-refractivity contribution in [2.24, 2.45) is 0 Å². The van der Waals surface area contributed by atoms with Gasteiger partial charge in [0.05, 0.1) is 11.7 Å². The fourth-order valence-electron chi connectivity index (χ4n) is 2.64. The van der Waals surface area contributed by atoms with Crippen LogP contribution in [0.1, 0.15) is 39.8 Å². The highest BCUT2D eigenvalue weighted by Gasteiger charge is 2.26. The molecule has 0 spiro atoms. The van der Waals surface area contributed by atoms with E-state index in [9.17, 15) is 4.79 Å². The van der Waals surface area contributed by atoms with E-state index in [0.717, 1.165) is 43.4 Å². The van der Waals surface area contributed by atoms with Crippen LogP contribution >= 0.6 is 11.3 Å². The van der Waals surface area contributed by atoms with Crippen LogP contribution in [-0.4, -0.2) is 53.6 Å². The van der Waals surface area contributed by atoms with E-state index < -0.39 is 0 Å². The molecule has 0 saturated carbocycles. The minimum absolute atomic E-state index is 0.0859. The van der Waals surface area contributed by atoms with Gasteiger partial charge < -0.3 is 10.2 Å². The Kier molecular flexibility index (Phi) is 5.45. The standard InChI is InChI=1S/C16H28N4OS/c1-12-11-22-15(17-12)20-8-6-7-19(9-10-20)13(2)14(21)18-16(3,4)5/h11,13H,6-10H2,1-5H3,(H,18,21). The van der Waals surface area contributed by atoms with Crippen molar-refractivity contribution in [2.75, 3.05) is 31.1 Å². The van der Waals surface area contributed by atoms with Crippen LogP contribution in [0.25, 0.3) is 0 Å². The molecule has 1 amide bonds. The highest BCUT2D eigenvalue weighted by molar-refractivity contribution is 7.13. The minimum Gasteiger partial charge on any atom is -0.350 e. The van der Waals surface area contributed by atoms with Crippen LogP contribution in [0, 0.1) is 6.92 Å². The van der Waals surface area contributed by atoms with Crippen LogP contribution in [0.15, 0.2) is 5.38 Å².